The molecule has 0 spiro atoms. The lowest BCUT2D eigenvalue weighted by molar-refractivity contribution is -0.137. The molecule has 0 saturated carbocycles. The van der Waals surface area contributed by atoms with E-state index in [4.69, 9.17) is 11.6 Å². The van der Waals surface area contributed by atoms with Crippen molar-refractivity contribution in [2.24, 2.45) is 0 Å². The van der Waals surface area contributed by atoms with Gasteiger partial charge in [0.1, 0.15) is 6.67 Å². The third-order valence-corrected chi connectivity index (χ3v) is 6.71. The molecular formula is C26H39ClFN3O. The van der Waals surface area contributed by atoms with Gasteiger partial charge in [-0.1, -0.05) is 54.5 Å². The molecule has 32 heavy (non-hydrogen) atoms. The molecule has 0 aliphatic carbocycles. The van der Waals surface area contributed by atoms with Crippen molar-refractivity contribution in [3.05, 3.63) is 58.1 Å². The maximum absolute atomic E-state index is 13.0. The van der Waals surface area contributed by atoms with Crippen molar-refractivity contribution in [3.8, 4) is 0 Å². The first-order valence-corrected chi connectivity index (χ1v) is 12.0. The van der Waals surface area contributed by atoms with Gasteiger partial charge in [-0.25, -0.2) is 4.39 Å². The Morgan fingerprint density at radius 1 is 1.25 bits per heavy atom. The first kappa shape index (κ1) is 26.6. The lowest BCUT2D eigenvalue weighted by Gasteiger charge is -2.37. The van der Waals surface area contributed by atoms with Crippen molar-refractivity contribution in [2.75, 3.05) is 53.0 Å². The summed E-state index contributed by atoms with van der Waals surface area (Å²) < 4.78 is 12.2. The van der Waals surface area contributed by atoms with E-state index in [0.717, 1.165) is 50.7 Å². The summed E-state index contributed by atoms with van der Waals surface area (Å²) in [6, 6.07) is 6.09. The summed E-state index contributed by atoms with van der Waals surface area (Å²) in [7, 11) is 2.03. The fraction of sp³-hybridized carbons (Fsp3) is 0.577. The smallest absolute Gasteiger partial charge is 0.239 e. The van der Waals surface area contributed by atoms with Gasteiger partial charge < -0.3 is 4.90 Å². The highest BCUT2D eigenvalue weighted by Crippen LogP contribution is 2.28. The van der Waals surface area contributed by atoms with Crippen molar-refractivity contribution in [2.45, 2.75) is 46.1 Å². The number of hydrogen-bond acceptors (Lipinski definition) is 3. The number of carbonyl (C=O) groups excluding carboxylic acids is 1. The first-order valence-electron chi connectivity index (χ1n) is 11.6. The molecular weight excluding hydrogens is 425 g/mol. The van der Waals surface area contributed by atoms with Gasteiger partial charge in [-0.15, -0.1) is 0 Å². The SMILES string of the molecule is C/C(=C/C=C\CF)CN1CCN(C(=O)C(C)N(C)CCC(C)c2ccc(C)cc2Cl)CC1. The van der Waals surface area contributed by atoms with Gasteiger partial charge in [0, 0.05) is 37.7 Å². The molecule has 1 aromatic carbocycles. The summed E-state index contributed by atoms with van der Waals surface area (Å²) >= 11 is 6.43. The van der Waals surface area contributed by atoms with Gasteiger partial charge in [0.2, 0.25) is 5.91 Å². The Kier molecular flexibility index (Phi) is 10.9. The van der Waals surface area contributed by atoms with Crippen LogP contribution in [0.25, 0.3) is 0 Å². The minimum Gasteiger partial charge on any atom is -0.339 e. The van der Waals surface area contributed by atoms with Crippen molar-refractivity contribution in [3.63, 3.8) is 0 Å². The minimum absolute atomic E-state index is 0.144. The van der Waals surface area contributed by atoms with Crippen LogP contribution in [0, 0.1) is 6.92 Å². The quantitative estimate of drug-likeness (QED) is 0.453. The number of benzene rings is 1. The monoisotopic (exact) mass is 463 g/mol. The maximum Gasteiger partial charge on any atom is 0.239 e. The number of halogens is 2. The Balaban J connectivity index is 1.79. The van der Waals surface area contributed by atoms with Crippen LogP contribution >= 0.6 is 11.6 Å². The number of alkyl halides is 1. The van der Waals surface area contributed by atoms with Crippen LogP contribution in [-0.4, -0.2) is 79.6 Å². The molecule has 0 N–H and O–H groups in total. The Labute approximate surface area is 198 Å². The highest BCUT2D eigenvalue weighted by molar-refractivity contribution is 6.31. The molecule has 1 aliphatic heterocycles. The van der Waals surface area contributed by atoms with Crippen molar-refractivity contribution < 1.29 is 9.18 Å². The number of likely N-dealkylation sites (N-methyl/N-ethyl adjacent to an activating group) is 1. The standard InChI is InChI=1S/C26H39ClFN3O/c1-20-9-10-24(25(27)18-20)22(3)11-13-29(5)23(4)26(32)31-16-14-30(15-17-31)19-21(2)8-6-7-12-28/h6-10,18,22-23H,11-17,19H2,1-5H3/b7-6-,21-8-. The van der Waals surface area contributed by atoms with Crippen LogP contribution in [0.1, 0.15) is 44.2 Å². The van der Waals surface area contributed by atoms with Gasteiger partial charge >= 0.3 is 0 Å². The number of amides is 1. The van der Waals surface area contributed by atoms with E-state index in [0.29, 0.717) is 5.92 Å². The second-order valence-corrected chi connectivity index (χ2v) is 9.48. The Morgan fingerprint density at radius 3 is 2.56 bits per heavy atom. The highest BCUT2D eigenvalue weighted by atomic mass is 35.5. The molecule has 2 atom stereocenters. The van der Waals surface area contributed by atoms with E-state index in [1.165, 1.54) is 22.8 Å². The number of rotatable bonds is 10. The first-order chi connectivity index (χ1) is 15.2. The van der Waals surface area contributed by atoms with Crippen LogP contribution in [0.4, 0.5) is 4.39 Å². The molecule has 2 unspecified atom stereocenters. The topological polar surface area (TPSA) is 26.8 Å². The summed E-state index contributed by atoms with van der Waals surface area (Å²) in [6.45, 7) is 12.8. The molecule has 6 heteroatoms. The molecule has 2 rings (SSSR count). The molecule has 1 aliphatic rings. The fourth-order valence-electron chi connectivity index (χ4n) is 4.05. The van der Waals surface area contributed by atoms with E-state index in [-0.39, 0.29) is 11.9 Å². The van der Waals surface area contributed by atoms with Gasteiger partial charge in [0.05, 0.1) is 6.04 Å². The van der Waals surface area contributed by atoms with Gasteiger partial charge in [-0.05, 0) is 63.9 Å². The number of aryl methyl sites for hydroxylation is 1. The number of piperazine rings is 1. The maximum atomic E-state index is 13.0. The predicted octanol–water partition coefficient (Wildman–Crippen LogP) is 5.08. The Bertz CT molecular complexity index is 802. The molecule has 178 valence electrons. The summed E-state index contributed by atoms with van der Waals surface area (Å²) in [5.41, 5.74) is 3.54. The van der Waals surface area contributed by atoms with E-state index < -0.39 is 6.67 Å². The third-order valence-electron chi connectivity index (χ3n) is 6.38. The fourth-order valence-corrected chi connectivity index (χ4v) is 4.47. The number of hydrogen-bond donors (Lipinski definition) is 0. The van der Waals surface area contributed by atoms with Crippen molar-refractivity contribution in [1.82, 2.24) is 14.7 Å². The van der Waals surface area contributed by atoms with Gasteiger partial charge in [0.25, 0.3) is 0 Å². The van der Waals surface area contributed by atoms with E-state index in [1.54, 1.807) is 6.08 Å². The van der Waals surface area contributed by atoms with E-state index in [1.807, 2.05) is 37.9 Å². The summed E-state index contributed by atoms with van der Waals surface area (Å²) in [5.74, 6) is 0.541. The highest BCUT2D eigenvalue weighted by Gasteiger charge is 2.27. The van der Waals surface area contributed by atoms with E-state index >= 15 is 0 Å². The molecule has 0 bridgehead atoms. The van der Waals surface area contributed by atoms with Crippen molar-refractivity contribution >= 4 is 17.5 Å². The normalized spacial score (nSPS) is 17.9. The zero-order valence-electron chi connectivity index (χ0n) is 20.3. The van der Waals surface area contributed by atoms with Gasteiger partial charge in [-0.2, -0.15) is 0 Å². The molecule has 1 saturated heterocycles. The molecule has 1 fully saturated rings. The van der Waals surface area contributed by atoms with E-state index in [9.17, 15) is 9.18 Å². The second kappa shape index (κ2) is 13.1. The minimum atomic E-state index is -0.435. The zero-order valence-corrected chi connectivity index (χ0v) is 21.0. The number of nitrogens with zero attached hydrogens (tertiary/aromatic N) is 3. The average molecular weight is 464 g/mol. The molecule has 1 aromatic rings. The van der Waals surface area contributed by atoms with E-state index in [2.05, 4.69) is 35.8 Å². The molecule has 0 radical (unpaired) electrons. The van der Waals surface area contributed by atoms with Crippen LogP contribution in [-0.2, 0) is 4.79 Å². The summed E-state index contributed by atoms with van der Waals surface area (Å²) in [5, 5.41) is 0.825. The van der Waals surface area contributed by atoms with Crippen LogP contribution in [0.5, 0.6) is 0 Å². The average Bonchev–Trinajstić information content (AvgIpc) is 2.77. The third kappa shape index (κ3) is 8.02. The zero-order chi connectivity index (χ0) is 23.7. The van der Waals surface area contributed by atoms with Crippen LogP contribution in [0.15, 0.2) is 42.0 Å². The largest absolute Gasteiger partial charge is 0.339 e. The molecule has 4 nitrogen and oxygen atoms in total. The van der Waals surface area contributed by atoms with Gasteiger partial charge in [0.15, 0.2) is 0 Å². The van der Waals surface area contributed by atoms with Crippen LogP contribution < -0.4 is 0 Å². The molecule has 1 heterocycles. The van der Waals surface area contributed by atoms with Gasteiger partial charge in [-0.3, -0.25) is 14.6 Å². The number of allylic oxidation sites excluding steroid dienone is 3. The molecule has 1 amide bonds. The Morgan fingerprint density at radius 2 is 1.94 bits per heavy atom. The van der Waals surface area contributed by atoms with Crippen LogP contribution in [0.2, 0.25) is 5.02 Å². The predicted molar refractivity (Wildman–Crippen MR) is 133 cm³/mol. The lowest BCUT2D eigenvalue weighted by atomic mass is 9.96. The van der Waals surface area contributed by atoms with Crippen molar-refractivity contribution in [1.29, 1.82) is 0 Å². The number of carbonyl (C=O) groups is 1. The summed E-state index contributed by atoms with van der Waals surface area (Å²) in [6.07, 6.45) is 6.18. The molecule has 0 aromatic heterocycles. The van der Waals surface area contributed by atoms with Crippen LogP contribution in [0.3, 0.4) is 0 Å². The Hall–Kier alpha value is -1.69. The second-order valence-electron chi connectivity index (χ2n) is 9.07. The lowest BCUT2D eigenvalue weighted by Crippen LogP contribution is -2.53. The summed E-state index contributed by atoms with van der Waals surface area (Å²) in [4.78, 5) is 19.5.